The van der Waals surface area contributed by atoms with E-state index in [1.165, 1.54) is 0 Å². The number of Topliss-reactive ketones (excluding diaryl/α,β-unsaturated/α-hetero) is 1. The third-order valence-corrected chi connectivity index (χ3v) is 4.04. The third-order valence-electron chi connectivity index (χ3n) is 4.04. The van der Waals surface area contributed by atoms with Crippen LogP contribution >= 0.6 is 0 Å². The van der Waals surface area contributed by atoms with Crippen molar-refractivity contribution in [2.75, 3.05) is 6.54 Å². The highest BCUT2D eigenvalue weighted by molar-refractivity contribution is 6.38. The topological polar surface area (TPSA) is 125 Å². The number of ketones is 1. The Balaban J connectivity index is 2.80. The Kier molecular flexibility index (Phi) is 8.21. The van der Waals surface area contributed by atoms with Crippen molar-refractivity contribution in [1.82, 2.24) is 16.0 Å². The molecule has 3 amide bonds. The van der Waals surface area contributed by atoms with Gasteiger partial charge in [-0.2, -0.15) is 0 Å². The fraction of sp³-hybridized carbons (Fsp3) is 0.750. The Hall–Kier alpha value is -2.12. The Bertz CT molecular complexity index is 478. The average Bonchev–Trinajstić information content (AvgIpc) is 2.54. The minimum absolute atomic E-state index is 0.284. The second-order valence-electron chi connectivity index (χ2n) is 6.41. The highest BCUT2D eigenvalue weighted by Gasteiger charge is 2.31. The van der Waals surface area contributed by atoms with Gasteiger partial charge in [-0.05, 0) is 18.8 Å². The second kappa shape index (κ2) is 9.89. The van der Waals surface area contributed by atoms with Gasteiger partial charge in [-0.3, -0.25) is 14.4 Å². The molecule has 4 N–H and O–H groups in total. The lowest BCUT2D eigenvalue weighted by Crippen LogP contribution is -2.55. The van der Waals surface area contributed by atoms with Gasteiger partial charge >= 0.3 is 6.09 Å². The lowest BCUT2D eigenvalue weighted by molar-refractivity contribution is -0.140. The van der Waals surface area contributed by atoms with Crippen LogP contribution in [-0.2, 0) is 14.4 Å². The quantitative estimate of drug-likeness (QED) is 0.563. The van der Waals surface area contributed by atoms with E-state index in [9.17, 15) is 19.2 Å². The normalized spacial score (nSPS) is 21.4. The summed E-state index contributed by atoms with van der Waals surface area (Å²) in [4.78, 5) is 47.3. The maximum atomic E-state index is 12.3. The first-order valence-electron chi connectivity index (χ1n) is 8.44. The molecule has 1 rings (SSSR count). The van der Waals surface area contributed by atoms with Crippen molar-refractivity contribution in [3.63, 3.8) is 0 Å². The van der Waals surface area contributed by atoms with Crippen molar-refractivity contribution in [3.8, 4) is 0 Å². The van der Waals surface area contributed by atoms with Gasteiger partial charge in [0.15, 0.2) is 0 Å². The van der Waals surface area contributed by atoms with Gasteiger partial charge in [-0.15, -0.1) is 0 Å². The van der Waals surface area contributed by atoms with Crippen LogP contribution in [-0.4, -0.2) is 47.4 Å². The van der Waals surface area contributed by atoms with Crippen molar-refractivity contribution < 1.29 is 24.3 Å². The van der Waals surface area contributed by atoms with Gasteiger partial charge in [-0.25, -0.2) is 4.79 Å². The number of carboxylic acid groups (broad SMARTS) is 1. The molecule has 1 aliphatic heterocycles. The van der Waals surface area contributed by atoms with Crippen molar-refractivity contribution in [3.05, 3.63) is 0 Å². The Labute approximate surface area is 141 Å². The van der Waals surface area contributed by atoms with Crippen LogP contribution in [0.25, 0.3) is 0 Å². The molecule has 0 aromatic carbocycles. The van der Waals surface area contributed by atoms with Crippen molar-refractivity contribution in [2.45, 2.75) is 64.5 Å². The molecule has 136 valence electrons. The monoisotopic (exact) mass is 341 g/mol. The molecule has 0 saturated carbocycles. The molecule has 1 aliphatic rings. The van der Waals surface area contributed by atoms with E-state index in [-0.39, 0.29) is 5.92 Å². The Morgan fingerprint density at radius 3 is 2.38 bits per heavy atom. The third kappa shape index (κ3) is 6.55. The zero-order valence-corrected chi connectivity index (χ0v) is 14.3. The molecule has 0 unspecified atom stereocenters. The summed E-state index contributed by atoms with van der Waals surface area (Å²) in [5.74, 6) is -2.25. The smallest absolute Gasteiger partial charge is 0.405 e. The number of hydrogen-bond acceptors (Lipinski definition) is 4. The van der Waals surface area contributed by atoms with E-state index < -0.39 is 35.8 Å². The molecular formula is C16H27N3O5. The molecule has 0 aromatic heterocycles. The van der Waals surface area contributed by atoms with Crippen LogP contribution in [0.3, 0.4) is 0 Å². The molecule has 24 heavy (non-hydrogen) atoms. The van der Waals surface area contributed by atoms with Gasteiger partial charge in [-0.1, -0.05) is 39.5 Å². The van der Waals surface area contributed by atoms with E-state index in [2.05, 4.69) is 16.0 Å². The number of hydrogen-bond donors (Lipinski definition) is 4. The average molecular weight is 341 g/mol. The Morgan fingerprint density at radius 2 is 1.75 bits per heavy atom. The summed E-state index contributed by atoms with van der Waals surface area (Å²) in [5, 5.41) is 16.1. The van der Waals surface area contributed by atoms with Crippen LogP contribution in [0.2, 0.25) is 0 Å². The fourth-order valence-electron chi connectivity index (χ4n) is 2.65. The first kappa shape index (κ1) is 19.9. The molecule has 0 aromatic rings. The lowest BCUT2D eigenvalue weighted by atomic mass is 10.00. The van der Waals surface area contributed by atoms with Crippen LogP contribution in [0.5, 0.6) is 0 Å². The van der Waals surface area contributed by atoms with Crippen LogP contribution in [0.1, 0.15) is 52.4 Å². The maximum absolute atomic E-state index is 12.3. The predicted molar refractivity (Wildman–Crippen MR) is 87.4 cm³/mol. The first-order valence-corrected chi connectivity index (χ1v) is 8.44. The zero-order chi connectivity index (χ0) is 18.1. The molecule has 2 atom stereocenters. The van der Waals surface area contributed by atoms with E-state index in [1.54, 1.807) is 13.8 Å². The highest BCUT2D eigenvalue weighted by atomic mass is 16.4. The van der Waals surface area contributed by atoms with E-state index in [1.807, 2.05) is 0 Å². The SMILES string of the molecule is CC(C)[C@H](NC(=O)O)C(=O)N[C@H]1CCCCCCCNC(=O)C1=O. The van der Waals surface area contributed by atoms with Crippen molar-refractivity contribution >= 4 is 23.7 Å². The van der Waals surface area contributed by atoms with Gasteiger partial charge < -0.3 is 21.1 Å². The Morgan fingerprint density at radius 1 is 1.12 bits per heavy atom. The van der Waals surface area contributed by atoms with Crippen LogP contribution in [0.4, 0.5) is 4.79 Å². The molecule has 1 saturated heterocycles. The number of carbonyl (C=O) groups excluding carboxylic acids is 3. The first-order chi connectivity index (χ1) is 11.3. The molecular weight excluding hydrogens is 314 g/mol. The van der Waals surface area contributed by atoms with E-state index >= 15 is 0 Å². The second-order valence-corrected chi connectivity index (χ2v) is 6.41. The molecule has 8 heteroatoms. The van der Waals surface area contributed by atoms with Crippen molar-refractivity contribution in [1.29, 1.82) is 0 Å². The molecule has 0 aliphatic carbocycles. The minimum Gasteiger partial charge on any atom is -0.465 e. The summed E-state index contributed by atoms with van der Waals surface area (Å²) < 4.78 is 0. The molecule has 0 bridgehead atoms. The zero-order valence-electron chi connectivity index (χ0n) is 14.3. The van der Waals surface area contributed by atoms with Crippen LogP contribution in [0.15, 0.2) is 0 Å². The summed E-state index contributed by atoms with van der Waals surface area (Å²) in [5.41, 5.74) is 0. The van der Waals surface area contributed by atoms with Gasteiger partial charge in [0.2, 0.25) is 11.7 Å². The number of rotatable bonds is 4. The molecule has 1 fully saturated rings. The highest BCUT2D eigenvalue weighted by Crippen LogP contribution is 2.11. The van der Waals surface area contributed by atoms with Crippen LogP contribution < -0.4 is 16.0 Å². The molecule has 0 spiro atoms. The summed E-state index contributed by atoms with van der Waals surface area (Å²) in [6.07, 6.45) is 3.54. The summed E-state index contributed by atoms with van der Waals surface area (Å²) >= 11 is 0. The van der Waals surface area contributed by atoms with Crippen LogP contribution in [0, 0.1) is 5.92 Å². The van der Waals surface area contributed by atoms with E-state index in [0.29, 0.717) is 13.0 Å². The molecule has 0 radical (unpaired) electrons. The van der Waals surface area contributed by atoms with Gasteiger partial charge in [0.25, 0.3) is 5.91 Å². The summed E-state index contributed by atoms with van der Waals surface area (Å²) in [7, 11) is 0. The van der Waals surface area contributed by atoms with E-state index in [0.717, 1.165) is 32.1 Å². The maximum Gasteiger partial charge on any atom is 0.405 e. The fourth-order valence-corrected chi connectivity index (χ4v) is 2.65. The molecule has 1 heterocycles. The molecule has 8 nitrogen and oxygen atoms in total. The largest absolute Gasteiger partial charge is 0.465 e. The van der Waals surface area contributed by atoms with Gasteiger partial charge in [0.05, 0.1) is 6.04 Å². The number of nitrogens with one attached hydrogen (secondary N) is 3. The van der Waals surface area contributed by atoms with Crippen molar-refractivity contribution in [2.24, 2.45) is 5.92 Å². The lowest BCUT2D eigenvalue weighted by Gasteiger charge is -2.23. The number of amides is 3. The summed E-state index contributed by atoms with van der Waals surface area (Å²) in [6, 6.07) is -1.90. The predicted octanol–water partition coefficient (Wildman–Crippen LogP) is 0.803. The van der Waals surface area contributed by atoms with E-state index in [4.69, 9.17) is 5.11 Å². The summed E-state index contributed by atoms with van der Waals surface area (Å²) in [6.45, 7) is 3.85. The number of carbonyl (C=O) groups is 4. The minimum atomic E-state index is -1.31. The standard InChI is InChI=1S/C16H27N3O5/c1-10(2)12(19-16(23)24)14(21)18-11-8-6-4-3-5-7-9-17-15(22)13(11)20/h10-12,19H,3-9H2,1-2H3,(H,17,22)(H,18,21)(H,23,24)/t11-,12-/m0/s1. The van der Waals surface area contributed by atoms with Gasteiger partial charge in [0, 0.05) is 6.54 Å². The van der Waals surface area contributed by atoms with Gasteiger partial charge in [0.1, 0.15) is 6.04 Å².